The SMILES string of the molecule is COCCCCCCCOC1CCN(c2ccc(-c3nnc(-c4ccc(C(=O)NC5C[C@@H](O)CNC(=O)[C@@H]6[C@@H](O)[C@@H](C)CN6C(=O)[C@H]([C@H](O)CCN)NC(=O)[C@H]([C@H](O)Cc6ccc(O)c(OCCN)c6)NC(=O)[C@@H]6C[C@@H](O)CN6C(=O)[C@H]([C@@H](C)O)NC5=O)cc4)s3)cc2)CC1. The van der Waals surface area contributed by atoms with Crippen LogP contribution in [-0.2, 0) is 44.7 Å². The molecule has 1 unspecified atom stereocenters. The molecular weight excluding hydrogens is 1250 g/mol. The summed E-state index contributed by atoms with van der Waals surface area (Å²) in [7, 11) is 1.73. The van der Waals surface area contributed by atoms with Gasteiger partial charge in [0, 0.05) is 107 Å². The molecule has 7 amide bonds. The fraction of sp³-hybridized carbons (Fsp3) is 0.585. The van der Waals surface area contributed by atoms with Gasteiger partial charge in [-0.1, -0.05) is 55.7 Å². The highest BCUT2D eigenvalue weighted by atomic mass is 32.1. The molecule has 0 aliphatic carbocycles. The van der Waals surface area contributed by atoms with Gasteiger partial charge in [-0.25, -0.2) is 0 Å². The molecule has 95 heavy (non-hydrogen) atoms. The van der Waals surface area contributed by atoms with E-state index in [1.807, 2.05) is 12.1 Å². The van der Waals surface area contributed by atoms with Crippen molar-refractivity contribution in [1.29, 1.82) is 0 Å². The first kappa shape index (κ1) is 73.3. The number of rotatable bonds is 24. The van der Waals surface area contributed by atoms with Gasteiger partial charge in [-0.15, -0.1) is 10.2 Å². The Labute approximate surface area is 555 Å². The molecule has 0 saturated carbocycles. The maximum Gasteiger partial charge on any atom is 0.251 e. The monoisotopic (exact) mass is 1340 g/mol. The van der Waals surface area contributed by atoms with Gasteiger partial charge in [-0.2, -0.15) is 0 Å². The number of hydrogen-bond donors (Lipinski definition) is 14. The third-order valence-electron chi connectivity index (χ3n) is 17.6. The van der Waals surface area contributed by atoms with Crippen LogP contribution in [0.2, 0.25) is 0 Å². The van der Waals surface area contributed by atoms with Gasteiger partial charge in [0.2, 0.25) is 35.4 Å². The van der Waals surface area contributed by atoms with Crippen LogP contribution >= 0.6 is 11.3 Å². The van der Waals surface area contributed by atoms with Crippen LogP contribution in [0.4, 0.5) is 5.69 Å². The third kappa shape index (κ3) is 19.4. The van der Waals surface area contributed by atoms with E-state index in [1.165, 1.54) is 61.4 Å². The predicted molar refractivity (Wildman–Crippen MR) is 348 cm³/mol. The van der Waals surface area contributed by atoms with Crippen molar-refractivity contribution in [2.75, 3.05) is 77.6 Å². The number of unbranched alkanes of at least 4 members (excludes halogenated alkanes) is 4. The quantitative estimate of drug-likeness (QED) is 0.0366. The average Bonchev–Trinajstić information content (AvgIpc) is 1.69. The number of β-amino-alcohol motifs (C(OH)–C–C–N with tert-alkyl or cyclic N) is 1. The molecule has 4 aliphatic heterocycles. The lowest BCUT2D eigenvalue weighted by atomic mass is 9.98. The van der Waals surface area contributed by atoms with E-state index >= 15 is 0 Å². The molecule has 13 atom stereocenters. The van der Waals surface area contributed by atoms with Gasteiger partial charge in [0.05, 0.1) is 42.7 Å². The smallest absolute Gasteiger partial charge is 0.251 e. The third-order valence-corrected chi connectivity index (χ3v) is 18.7. The van der Waals surface area contributed by atoms with Crippen LogP contribution in [0, 0.1) is 5.92 Å². The van der Waals surface area contributed by atoms with Crippen molar-refractivity contribution >= 4 is 58.4 Å². The lowest BCUT2D eigenvalue weighted by Gasteiger charge is -2.34. The van der Waals surface area contributed by atoms with Crippen molar-refractivity contribution in [3.05, 3.63) is 77.9 Å². The first-order chi connectivity index (χ1) is 45.6. The molecule has 1 aromatic heterocycles. The summed E-state index contributed by atoms with van der Waals surface area (Å²) in [5.74, 6) is -8.64. The van der Waals surface area contributed by atoms with Gasteiger partial charge < -0.3 is 103 Å². The first-order valence-corrected chi connectivity index (χ1v) is 33.3. The van der Waals surface area contributed by atoms with Crippen molar-refractivity contribution in [2.45, 2.75) is 163 Å². The van der Waals surface area contributed by atoms with Crippen LogP contribution in [0.1, 0.15) is 94.0 Å². The molecule has 5 heterocycles. The molecule has 30 heteroatoms. The number of aromatic nitrogens is 2. The number of aliphatic hydroxyl groups is 6. The number of methoxy groups -OCH3 is 1. The number of amides is 7. The number of carbonyl (C=O) groups excluding carboxylic acids is 7. The predicted octanol–water partition coefficient (Wildman–Crippen LogP) is -1.21. The highest BCUT2D eigenvalue weighted by Gasteiger charge is 2.50. The number of fused-ring (bicyclic) bond motifs is 2. The zero-order chi connectivity index (χ0) is 68.5. The van der Waals surface area contributed by atoms with Gasteiger partial charge in [0.15, 0.2) is 11.5 Å². The second-order valence-corrected chi connectivity index (χ2v) is 25.8. The minimum absolute atomic E-state index is 0.00538. The summed E-state index contributed by atoms with van der Waals surface area (Å²) >= 11 is 1.34. The zero-order valence-corrected chi connectivity index (χ0v) is 54.6. The number of anilines is 1. The molecule has 16 N–H and O–H groups in total. The Morgan fingerprint density at radius 1 is 0.716 bits per heavy atom. The van der Waals surface area contributed by atoms with Crippen molar-refractivity contribution in [3.63, 3.8) is 0 Å². The molecule has 4 fully saturated rings. The summed E-state index contributed by atoms with van der Waals surface area (Å²) in [6.45, 7) is 4.43. The Balaban J connectivity index is 1.00. The highest BCUT2D eigenvalue weighted by Crippen LogP contribution is 2.33. The van der Waals surface area contributed by atoms with E-state index < -0.39 is 152 Å². The number of nitrogens with two attached hydrogens (primary N) is 2. The summed E-state index contributed by atoms with van der Waals surface area (Å²) in [6, 6.07) is 7.39. The van der Waals surface area contributed by atoms with Crippen LogP contribution in [0.3, 0.4) is 0 Å². The Hall–Kier alpha value is -7.49. The fourth-order valence-electron chi connectivity index (χ4n) is 12.3. The molecule has 4 aromatic rings. The number of benzene rings is 3. The van der Waals surface area contributed by atoms with Crippen LogP contribution in [-0.4, -0.2) is 249 Å². The average molecular weight is 1350 g/mol. The van der Waals surface area contributed by atoms with Gasteiger partial charge in [0.1, 0.15) is 52.9 Å². The van der Waals surface area contributed by atoms with Gasteiger partial charge in [0.25, 0.3) is 5.91 Å². The highest BCUT2D eigenvalue weighted by molar-refractivity contribution is 7.17. The number of hydrogen-bond acceptors (Lipinski definition) is 23. The van der Waals surface area contributed by atoms with E-state index in [0.29, 0.717) is 15.6 Å². The van der Waals surface area contributed by atoms with E-state index in [-0.39, 0.29) is 61.4 Å². The van der Waals surface area contributed by atoms with Crippen LogP contribution in [0.15, 0.2) is 66.7 Å². The number of aromatic hydroxyl groups is 1. The zero-order valence-electron chi connectivity index (χ0n) is 53.8. The number of phenolic OH excluding ortho intramolecular Hbond substituents is 1. The topological polar surface area (TPSA) is 436 Å². The summed E-state index contributed by atoms with van der Waals surface area (Å²) < 4.78 is 16.9. The van der Waals surface area contributed by atoms with Crippen molar-refractivity contribution < 1.29 is 83.5 Å². The number of aliphatic hydroxyl groups excluding tert-OH is 6. The maximum absolute atomic E-state index is 14.7. The molecule has 0 radical (unpaired) electrons. The summed E-state index contributed by atoms with van der Waals surface area (Å²) in [5, 5.41) is 102. The Morgan fingerprint density at radius 3 is 2.00 bits per heavy atom. The van der Waals surface area contributed by atoms with Crippen molar-refractivity contribution in [2.24, 2.45) is 17.4 Å². The normalized spacial score (nSPS) is 25.5. The minimum Gasteiger partial charge on any atom is -0.504 e. The number of ether oxygens (including phenoxy) is 3. The maximum atomic E-state index is 14.7. The minimum atomic E-state index is -2.04. The molecule has 0 spiro atoms. The van der Waals surface area contributed by atoms with Crippen molar-refractivity contribution in [3.8, 4) is 32.6 Å². The Kier molecular flexibility index (Phi) is 27.0. The van der Waals surface area contributed by atoms with E-state index in [4.69, 9.17) is 25.7 Å². The lowest BCUT2D eigenvalue weighted by molar-refractivity contribution is -0.147. The summed E-state index contributed by atoms with van der Waals surface area (Å²) in [6.07, 6.45) is -4.04. The Bertz CT molecular complexity index is 3210. The van der Waals surface area contributed by atoms with Crippen LogP contribution < -0.4 is 47.7 Å². The van der Waals surface area contributed by atoms with E-state index in [1.54, 1.807) is 19.2 Å². The molecular formula is C65H92N12O17S. The molecule has 4 aliphatic rings. The molecule has 0 bridgehead atoms. The number of nitrogens with zero attached hydrogens (tertiary/aromatic N) is 5. The molecule has 4 saturated heterocycles. The number of piperidine rings is 1. The number of phenols is 1. The van der Waals surface area contributed by atoms with E-state index in [0.717, 1.165) is 86.4 Å². The second-order valence-electron chi connectivity index (χ2n) is 24.9. The summed E-state index contributed by atoms with van der Waals surface area (Å²) in [5.41, 5.74) is 14.3. The van der Waals surface area contributed by atoms with Gasteiger partial charge in [-0.05, 0) is 99.7 Å². The van der Waals surface area contributed by atoms with Gasteiger partial charge >= 0.3 is 0 Å². The number of nitrogens with one attached hydrogen (secondary N) is 5. The largest absolute Gasteiger partial charge is 0.504 e. The first-order valence-electron chi connectivity index (χ1n) is 32.5. The molecule has 3 aromatic carbocycles. The lowest BCUT2D eigenvalue weighted by Crippen LogP contribution is -2.64. The fourth-order valence-corrected chi connectivity index (χ4v) is 13.1. The standard InChI is InChI=1S/C65H92N12O17S/c1-36-34-77-55(56(36)84)61(89)68-33-43(79)31-46(69-57(85)39-10-12-40(13-11-39)62-73-74-63(95-62)41-14-16-42(17-15-41)75-24-20-45(21-25-75)93-27-8-6-4-5-7-26-92-3)58(86)70-52(37(2)78)64(90)76-35-44(80)32-47(76)59(87)71-53(60(88)72-54(65(77)91)49(82)19-22-66)50(83)29-38-9-18-48(81)51(30-38)94-28-23-67/h9-18,30,36-37,43-47,49-50,52-56,78-84H,4-8,19-29,31-35,66-67H2,1-3H3,(H,68,89)(H,69,85)(H,70,86)(H,71,87)(H,72,88)/t36-,37+,43+,44+,46?,47-,49+,50+,52-,53-,54-,55-,56-/m0/s1. The van der Waals surface area contributed by atoms with Crippen LogP contribution in [0.25, 0.3) is 21.1 Å². The van der Waals surface area contributed by atoms with Gasteiger partial charge in [-0.3, -0.25) is 33.6 Å². The molecule has 8 rings (SSSR count). The van der Waals surface area contributed by atoms with Crippen LogP contribution in [0.5, 0.6) is 11.5 Å². The molecule has 29 nitrogen and oxygen atoms in total. The van der Waals surface area contributed by atoms with E-state index in [2.05, 4.69) is 53.8 Å². The van der Waals surface area contributed by atoms with Crippen molar-refractivity contribution in [1.82, 2.24) is 46.6 Å². The second kappa shape index (κ2) is 35.0. The molecule has 520 valence electrons. The number of carbonyl (C=O) groups is 7. The van der Waals surface area contributed by atoms with E-state index in [9.17, 15) is 69.3 Å². The Morgan fingerprint density at radius 2 is 1.35 bits per heavy atom. The summed E-state index contributed by atoms with van der Waals surface area (Å²) in [4.78, 5) is 106.